The lowest BCUT2D eigenvalue weighted by molar-refractivity contribution is 0.216. The molecule has 0 aromatic carbocycles. The lowest BCUT2D eigenvalue weighted by atomic mass is 10.0. The van der Waals surface area contributed by atoms with Gasteiger partial charge in [0, 0.05) is 12.6 Å². The van der Waals surface area contributed by atoms with Crippen molar-refractivity contribution < 1.29 is 4.42 Å². The largest absolute Gasteiger partial charge is 0.465 e. The molecule has 3 heteroatoms. The van der Waals surface area contributed by atoms with Gasteiger partial charge in [-0.05, 0) is 45.4 Å². The summed E-state index contributed by atoms with van der Waals surface area (Å²) >= 11 is 0. The first-order chi connectivity index (χ1) is 7.91. The molecule has 98 valence electrons. The Morgan fingerprint density at radius 1 is 1.29 bits per heavy atom. The maximum atomic E-state index is 6.06. The second-order valence-corrected chi connectivity index (χ2v) is 5.30. The average molecular weight is 238 g/mol. The van der Waals surface area contributed by atoms with Gasteiger partial charge in [0.2, 0.25) is 0 Å². The van der Waals surface area contributed by atoms with Gasteiger partial charge in [0.15, 0.2) is 0 Å². The quantitative estimate of drug-likeness (QED) is 0.828. The number of furan rings is 1. The summed E-state index contributed by atoms with van der Waals surface area (Å²) < 4.78 is 5.65. The van der Waals surface area contributed by atoms with Crippen molar-refractivity contribution in [1.82, 2.24) is 4.90 Å². The molecule has 0 aliphatic carbocycles. The Labute approximate surface area is 105 Å². The second kappa shape index (κ2) is 6.22. The van der Waals surface area contributed by atoms with Gasteiger partial charge < -0.3 is 10.2 Å². The molecule has 2 N–H and O–H groups in total. The van der Waals surface area contributed by atoms with E-state index in [0.29, 0.717) is 12.0 Å². The fraction of sp³-hybridized carbons (Fsp3) is 0.714. The van der Waals surface area contributed by atoms with Crippen LogP contribution in [0.3, 0.4) is 0 Å². The zero-order chi connectivity index (χ0) is 13.0. The summed E-state index contributed by atoms with van der Waals surface area (Å²) in [6, 6.07) is 4.66. The minimum Gasteiger partial charge on any atom is -0.465 e. The third-order valence-electron chi connectivity index (χ3n) is 3.51. The SMILES string of the molecule is Cc1ccc(C(C)N(C)CCC(N)C(C)C)o1. The van der Waals surface area contributed by atoms with Gasteiger partial charge in [-0.2, -0.15) is 0 Å². The number of aryl methyl sites for hydroxylation is 1. The van der Waals surface area contributed by atoms with Crippen LogP contribution in [0.15, 0.2) is 16.5 Å². The van der Waals surface area contributed by atoms with E-state index in [0.717, 1.165) is 24.5 Å². The van der Waals surface area contributed by atoms with E-state index in [1.54, 1.807) is 0 Å². The Bertz CT molecular complexity index is 333. The van der Waals surface area contributed by atoms with Crippen LogP contribution in [-0.4, -0.2) is 24.5 Å². The third-order valence-corrected chi connectivity index (χ3v) is 3.51. The second-order valence-electron chi connectivity index (χ2n) is 5.30. The van der Waals surface area contributed by atoms with Crippen LogP contribution in [0, 0.1) is 12.8 Å². The molecule has 1 aromatic rings. The lowest BCUT2D eigenvalue weighted by Gasteiger charge is -2.25. The molecule has 0 bridgehead atoms. The van der Waals surface area contributed by atoms with Gasteiger partial charge in [0.25, 0.3) is 0 Å². The summed E-state index contributed by atoms with van der Waals surface area (Å²) in [4.78, 5) is 2.29. The van der Waals surface area contributed by atoms with Gasteiger partial charge in [-0.15, -0.1) is 0 Å². The van der Waals surface area contributed by atoms with Crippen LogP contribution < -0.4 is 5.73 Å². The topological polar surface area (TPSA) is 42.4 Å². The van der Waals surface area contributed by atoms with Gasteiger partial charge in [-0.3, -0.25) is 4.90 Å². The van der Waals surface area contributed by atoms with Crippen molar-refractivity contribution in [3.8, 4) is 0 Å². The van der Waals surface area contributed by atoms with Gasteiger partial charge in [0.05, 0.1) is 6.04 Å². The normalized spacial score (nSPS) is 15.5. The van der Waals surface area contributed by atoms with Crippen LogP contribution in [0.1, 0.15) is 44.8 Å². The number of hydrogen-bond acceptors (Lipinski definition) is 3. The van der Waals surface area contributed by atoms with E-state index in [-0.39, 0.29) is 6.04 Å². The van der Waals surface area contributed by atoms with Crippen LogP contribution in [0.4, 0.5) is 0 Å². The van der Waals surface area contributed by atoms with Crippen LogP contribution >= 0.6 is 0 Å². The zero-order valence-electron chi connectivity index (χ0n) is 11.7. The number of nitrogens with two attached hydrogens (primary N) is 1. The Kier molecular flexibility index (Phi) is 5.22. The molecule has 0 fully saturated rings. The summed E-state index contributed by atoms with van der Waals surface area (Å²) in [5.41, 5.74) is 6.06. The average Bonchev–Trinajstić information content (AvgIpc) is 2.70. The monoisotopic (exact) mass is 238 g/mol. The standard InChI is InChI=1S/C14H26N2O/c1-10(2)13(15)8-9-16(5)12(4)14-7-6-11(3)17-14/h6-7,10,12-13H,8-9,15H2,1-5H3. The summed E-state index contributed by atoms with van der Waals surface area (Å²) in [6.07, 6.45) is 1.03. The summed E-state index contributed by atoms with van der Waals surface area (Å²) in [5, 5.41) is 0. The Morgan fingerprint density at radius 2 is 1.94 bits per heavy atom. The molecule has 1 aromatic heterocycles. The minimum atomic E-state index is 0.281. The lowest BCUT2D eigenvalue weighted by Crippen LogP contribution is -2.32. The highest BCUT2D eigenvalue weighted by atomic mass is 16.3. The molecule has 0 amide bonds. The van der Waals surface area contributed by atoms with Crippen LogP contribution in [0.5, 0.6) is 0 Å². The molecule has 2 atom stereocenters. The predicted octanol–water partition coefficient (Wildman–Crippen LogP) is 2.95. The zero-order valence-corrected chi connectivity index (χ0v) is 11.7. The molecule has 0 aliphatic heterocycles. The van der Waals surface area contributed by atoms with Gasteiger partial charge in [-0.25, -0.2) is 0 Å². The summed E-state index contributed by atoms with van der Waals surface area (Å²) in [7, 11) is 2.12. The van der Waals surface area contributed by atoms with E-state index in [9.17, 15) is 0 Å². The van der Waals surface area contributed by atoms with Crippen molar-refractivity contribution in [2.24, 2.45) is 11.7 Å². The van der Waals surface area contributed by atoms with Crippen molar-refractivity contribution in [3.05, 3.63) is 23.7 Å². The van der Waals surface area contributed by atoms with E-state index in [2.05, 4.69) is 38.8 Å². The highest BCUT2D eigenvalue weighted by Gasteiger charge is 2.16. The molecule has 0 spiro atoms. The van der Waals surface area contributed by atoms with E-state index >= 15 is 0 Å². The molecule has 2 unspecified atom stereocenters. The minimum absolute atomic E-state index is 0.281. The molecular weight excluding hydrogens is 212 g/mol. The van der Waals surface area contributed by atoms with E-state index in [1.165, 1.54) is 0 Å². The van der Waals surface area contributed by atoms with Crippen molar-refractivity contribution >= 4 is 0 Å². The Morgan fingerprint density at radius 3 is 2.41 bits per heavy atom. The first-order valence-electron chi connectivity index (χ1n) is 6.44. The summed E-state index contributed by atoms with van der Waals surface area (Å²) in [5.74, 6) is 2.55. The molecule has 1 rings (SSSR count). The number of rotatable bonds is 6. The highest BCUT2D eigenvalue weighted by Crippen LogP contribution is 2.21. The maximum absolute atomic E-state index is 6.06. The first kappa shape index (κ1) is 14.3. The highest BCUT2D eigenvalue weighted by molar-refractivity contribution is 5.08. The predicted molar refractivity (Wildman–Crippen MR) is 71.9 cm³/mol. The fourth-order valence-electron chi connectivity index (χ4n) is 1.77. The molecule has 0 aliphatic rings. The van der Waals surface area contributed by atoms with Crippen LogP contribution in [0.25, 0.3) is 0 Å². The van der Waals surface area contributed by atoms with Crippen molar-refractivity contribution in [2.45, 2.75) is 46.2 Å². The maximum Gasteiger partial charge on any atom is 0.121 e. The van der Waals surface area contributed by atoms with Crippen molar-refractivity contribution in [3.63, 3.8) is 0 Å². The number of nitrogens with zero attached hydrogens (tertiary/aromatic N) is 1. The van der Waals surface area contributed by atoms with Crippen molar-refractivity contribution in [1.29, 1.82) is 0 Å². The van der Waals surface area contributed by atoms with E-state index in [4.69, 9.17) is 10.2 Å². The smallest absolute Gasteiger partial charge is 0.121 e. The van der Waals surface area contributed by atoms with Crippen LogP contribution in [-0.2, 0) is 0 Å². The molecule has 3 nitrogen and oxygen atoms in total. The molecule has 0 radical (unpaired) electrons. The molecule has 1 heterocycles. The van der Waals surface area contributed by atoms with Gasteiger partial charge >= 0.3 is 0 Å². The van der Waals surface area contributed by atoms with Gasteiger partial charge in [0.1, 0.15) is 11.5 Å². The molecule has 0 saturated heterocycles. The van der Waals surface area contributed by atoms with Crippen molar-refractivity contribution in [2.75, 3.05) is 13.6 Å². The fourth-order valence-corrected chi connectivity index (χ4v) is 1.77. The molecular formula is C14H26N2O. The first-order valence-corrected chi connectivity index (χ1v) is 6.44. The molecule has 0 saturated carbocycles. The summed E-state index contributed by atoms with van der Waals surface area (Å²) in [6.45, 7) is 9.48. The molecule has 17 heavy (non-hydrogen) atoms. The Hall–Kier alpha value is -0.800. The van der Waals surface area contributed by atoms with E-state index < -0.39 is 0 Å². The Balaban J connectivity index is 2.45. The number of hydrogen-bond donors (Lipinski definition) is 1. The van der Waals surface area contributed by atoms with Crippen LogP contribution in [0.2, 0.25) is 0 Å². The van der Waals surface area contributed by atoms with E-state index in [1.807, 2.05) is 13.0 Å². The van der Waals surface area contributed by atoms with Gasteiger partial charge in [-0.1, -0.05) is 13.8 Å². The third kappa shape index (κ3) is 4.17.